The summed E-state index contributed by atoms with van der Waals surface area (Å²) in [6.07, 6.45) is 4.72. The van der Waals surface area contributed by atoms with Gasteiger partial charge in [0.05, 0.1) is 0 Å². The third kappa shape index (κ3) is 2.93. The van der Waals surface area contributed by atoms with Gasteiger partial charge in [-0.05, 0) is 37.3 Å². The monoisotopic (exact) mass is 303 g/mol. The van der Waals surface area contributed by atoms with Crippen LogP contribution >= 0.6 is 0 Å². The summed E-state index contributed by atoms with van der Waals surface area (Å²) in [6, 6.07) is 8.51. The Morgan fingerprint density at radius 3 is 2.64 bits per heavy atom. The minimum atomic E-state index is -0.900. The van der Waals surface area contributed by atoms with E-state index in [9.17, 15) is 14.7 Å². The largest absolute Gasteiger partial charge is 0.484 e. The molecule has 5 heteroatoms. The number of carboxylic acids is 1. The quantitative estimate of drug-likeness (QED) is 0.927. The predicted molar refractivity (Wildman–Crippen MR) is 80.6 cm³/mol. The second kappa shape index (κ2) is 6.38. The van der Waals surface area contributed by atoms with Crippen LogP contribution in [0.2, 0.25) is 0 Å². The minimum absolute atomic E-state index is 0.0710. The van der Waals surface area contributed by atoms with Crippen molar-refractivity contribution in [3.05, 3.63) is 30.3 Å². The average Bonchev–Trinajstić information content (AvgIpc) is 2.93. The van der Waals surface area contributed by atoms with Gasteiger partial charge >= 0.3 is 5.97 Å². The molecule has 0 aromatic heterocycles. The van der Waals surface area contributed by atoms with E-state index in [2.05, 4.69) is 0 Å². The molecule has 2 fully saturated rings. The van der Waals surface area contributed by atoms with Crippen molar-refractivity contribution >= 4 is 11.9 Å². The van der Waals surface area contributed by atoms with Gasteiger partial charge in [-0.2, -0.15) is 0 Å². The van der Waals surface area contributed by atoms with Crippen molar-refractivity contribution in [2.24, 2.45) is 5.92 Å². The fourth-order valence-electron chi connectivity index (χ4n) is 3.78. The van der Waals surface area contributed by atoms with Crippen LogP contribution < -0.4 is 4.74 Å². The Bertz CT molecular complexity index is 545. The molecule has 0 bridgehead atoms. The summed E-state index contributed by atoms with van der Waals surface area (Å²) >= 11 is 0. The van der Waals surface area contributed by atoms with Crippen LogP contribution in [0, 0.1) is 5.92 Å². The van der Waals surface area contributed by atoms with Crippen molar-refractivity contribution in [1.82, 2.24) is 4.90 Å². The van der Waals surface area contributed by atoms with Gasteiger partial charge < -0.3 is 14.7 Å². The lowest BCUT2D eigenvalue weighted by atomic mass is 9.85. The van der Waals surface area contributed by atoms with E-state index in [1.165, 1.54) is 0 Å². The molecule has 0 spiro atoms. The lowest BCUT2D eigenvalue weighted by Crippen LogP contribution is -2.48. The number of ether oxygens (including phenoxy) is 1. The maximum atomic E-state index is 12.5. The topological polar surface area (TPSA) is 66.8 Å². The highest BCUT2D eigenvalue weighted by Gasteiger charge is 2.47. The van der Waals surface area contributed by atoms with E-state index in [1.807, 2.05) is 18.2 Å². The number of likely N-dealkylation sites (tertiary alicyclic amines) is 1. The maximum Gasteiger partial charge on any atom is 0.326 e. The standard InChI is InChI=1S/C17H21NO4/c19-16(11-22-13-7-2-1-3-8-13)18-14-9-5-4-6-12(14)10-15(18)17(20)21/h1-3,7-8,12,14-15H,4-6,9-11H2,(H,20,21)/t12-,14+,15+/m1/s1. The van der Waals surface area contributed by atoms with Crippen molar-refractivity contribution in [3.63, 3.8) is 0 Å². The zero-order valence-corrected chi connectivity index (χ0v) is 12.5. The van der Waals surface area contributed by atoms with Gasteiger partial charge in [0.2, 0.25) is 0 Å². The van der Waals surface area contributed by atoms with Crippen molar-refractivity contribution in [2.45, 2.75) is 44.2 Å². The summed E-state index contributed by atoms with van der Waals surface area (Å²) in [6.45, 7) is -0.100. The number of carbonyl (C=O) groups excluding carboxylic acids is 1. The fourth-order valence-corrected chi connectivity index (χ4v) is 3.78. The Labute approximate surface area is 129 Å². The molecule has 5 nitrogen and oxygen atoms in total. The van der Waals surface area contributed by atoms with E-state index in [0.717, 1.165) is 25.7 Å². The van der Waals surface area contributed by atoms with Crippen LogP contribution in [-0.4, -0.2) is 40.6 Å². The number of amides is 1. The molecular weight excluding hydrogens is 282 g/mol. The summed E-state index contributed by atoms with van der Waals surface area (Å²) < 4.78 is 5.50. The highest BCUT2D eigenvalue weighted by Crippen LogP contribution is 2.39. The van der Waals surface area contributed by atoms with Crippen molar-refractivity contribution in [3.8, 4) is 5.75 Å². The highest BCUT2D eigenvalue weighted by molar-refractivity contribution is 5.85. The van der Waals surface area contributed by atoms with E-state index in [1.54, 1.807) is 17.0 Å². The molecule has 1 saturated carbocycles. The van der Waals surface area contributed by atoms with Crippen molar-refractivity contribution < 1.29 is 19.4 Å². The Hall–Kier alpha value is -2.04. The van der Waals surface area contributed by atoms with Gasteiger partial charge in [-0.25, -0.2) is 4.79 Å². The summed E-state index contributed by atoms with van der Waals surface area (Å²) in [7, 11) is 0. The Kier molecular flexibility index (Phi) is 4.32. The molecule has 2 aliphatic rings. The molecule has 0 radical (unpaired) electrons. The van der Waals surface area contributed by atoms with Gasteiger partial charge in [-0.15, -0.1) is 0 Å². The molecule has 1 aliphatic carbocycles. The molecule has 1 N–H and O–H groups in total. The zero-order chi connectivity index (χ0) is 15.5. The van der Waals surface area contributed by atoms with Gasteiger partial charge in [-0.1, -0.05) is 31.0 Å². The molecule has 1 heterocycles. The number of hydrogen-bond donors (Lipinski definition) is 1. The number of carbonyl (C=O) groups is 2. The molecule has 3 rings (SSSR count). The van der Waals surface area contributed by atoms with Crippen LogP contribution in [0.5, 0.6) is 5.75 Å². The van der Waals surface area contributed by atoms with Crippen LogP contribution in [-0.2, 0) is 9.59 Å². The summed E-state index contributed by atoms with van der Waals surface area (Å²) in [5.74, 6) is -0.161. The molecule has 0 unspecified atom stereocenters. The van der Waals surface area contributed by atoms with Gasteiger partial charge in [0.25, 0.3) is 5.91 Å². The highest BCUT2D eigenvalue weighted by atomic mass is 16.5. The molecule has 1 amide bonds. The SMILES string of the molecule is O=C(O)[C@@H]1C[C@H]2CCCC[C@@H]2N1C(=O)COc1ccccc1. The second-order valence-electron chi connectivity index (χ2n) is 6.10. The van der Waals surface area contributed by atoms with Gasteiger partial charge in [0.1, 0.15) is 11.8 Å². The summed E-state index contributed by atoms with van der Waals surface area (Å²) in [5, 5.41) is 9.43. The molecule has 1 saturated heterocycles. The van der Waals surface area contributed by atoms with E-state index < -0.39 is 12.0 Å². The van der Waals surface area contributed by atoms with Crippen LogP contribution in [0.3, 0.4) is 0 Å². The van der Waals surface area contributed by atoms with E-state index in [4.69, 9.17) is 4.74 Å². The third-order valence-corrected chi connectivity index (χ3v) is 4.77. The van der Waals surface area contributed by atoms with Crippen molar-refractivity contribution in [1.29, 1.82) is 0 Å². The number of rotatable bonds is 4. The number of benzene rings is 1. The second-order valence-corrected chi connectivity index (χ2v) is 6.10. The molecular formula is C17H21NO4. The van der Waals surface area contributed by atoms with Crippen LogP contribution in [0.1, 0.15) is 32.1 Å². The smallest absolute Gasteiger partial charge is 0.326 e. The Morgan fingerprint density at radius 1 is 1.18 bits per heavy atom. The first-order chi connectivity index (χ1) is 10.7. The number of fused-ring (bicyclic) bond motifs is 1. The van der Waals surface area contributed by atoms with Crippen LogP contribution in [0.15, 0.2) is 30.3 Å². The fraction of sp³-hybridized carbons (Fsp3) is 0.529. The molecule has 1 aromatic carbocycles. The molecule has 22 heavy (non-hydrogen) atoms. The minimum Gasteiger partial charge on any atom is -0.484 e. The number of nitrogens with zero attached hydrogens (tertiary/aromatic N) is 1. The number of carboxylic acid groups (broad SMARTS) is 1. The summed E-state index contributed by atoms with van der Waals surface area (Å²) in [4.78, 5) is 25.6. The first kappa shape index (κ1) is 14.9. The molecule has 1 aromatic rings. The van der Waals surface area contributed by atoms with Crippen molar-refractivity contribution in [2.75, 3.05) is 6.61 Å². The third-order valence-electron chi connectivity index (χ3n) is 4.77. The lowest BCUT2D eigenvalue weighted by Gasteiger charge is -2.32. The zero-order valence-electron chi connectivity index (χ0n) is 12.5. The summed E-state index contributed by atoms with van der Waals surface area (Å²) in [5.41, 5.74) is 0. The van der Waals surface area contributed by atoms with Crippen LogP contribution in [0.25, 0.3) is 0 Å². The predicted octanol–water partition coefficient (Wildman–Crippen LogP) is 2.31. The number of aliphatic carboxylic acids is 1. The van der Waals surface area contributed by atoms with E-state index >= 15 is 0 Å². The molecule has 1 aliphatic heterocycles. The maximum absolute atomic E-state index is 12.5. The number of para-hydroxylation sites is 1. The van der Waals surface area contributed by atoms with Gasteiger partial charge in [0, 0.05) is 6.04 Å². The molecule has 118 valence electrons. The first-order valence-corrected chi connectivity index (χ1v) is 7.88. The van der Waals surface area contributed by atoms with Crippen LogP contribution in [0.4, 0.5) is 0 Å². The lowest BCUT2D eigenvalue weighted by molar-refractivity contribution is -0.150. The molecule has 3 atom stereocenters. The van der Waals surface area contributed by atoms with E-state index in [-0.39, 0.29) is 18.6 Å². The Morgan fingerprint density at radius 2 is 1.91 bits per heavy atom. The first-order valence-electron chi connectivity index (χ1n) is 7.88. The average molecular weight is 303 g/mol. The Balaban J connectivity index is 1.69. The van der Waals surface area contributed by atoms with E-state index in [0.29, 0.717) is 18.1 Å². The van der Waals surface area contributed by atoms with Gasteiger partial charge in [-0.3, -0.25) is 4.79 Å². The number of hydrogen-bond acceptors (Lipinski definition) is 3. The normalized spacial score (nSPS) is 27.3. The van der Waals surface area contributed by atoms with Gasteiger partial charge in [0.15, 0.2) is 6.61 Å².